The number of hydrogen-bond donors (Lipinski definition) is 2. The zero-order valence-corrected chi connectivity index (χ0v) is 16.3. The molecule has 1 aromatic heterocycles. The third-order valence-corrected chi connectivity index (χ3v) is 4.17. The van der Waals surface area contributed by atoms with Gasteiger partial charge in [-0.25, -0.2) is 9.97 Å². The monoisotopic (exact) mass is 376 g/mol. The average molecular weight is 376 g/mol. The van der Waals surface area contributed by atoms with Crippen molar-refractivity contribution in [2.24, 2.45) is 0 Å². The normalized spacial score (nSPS) is 11.5. The van der Waals surface area contributed by atoms with Gasteiger partial charge in [0.2, 0.25) is 0 Å². The van der Waals surface area contributed by atoms with Gasteiger partial charge in [-0.15, -0.1) is 0 Å². The van der Waals surface area contributed by atoms with E-state index in [9.17, 15) is 4.79 Å². The fourth-order valence-electron chi connectivity index (χ4n) is 2.83. The molecule has 0 aliphatic rings. The lowest BCUT2D eigenvalue weighted by Gasteiger charge is -2.15. The molecule has 1 heterocycles. The Kier molecular flexibility index (Phi) is 6.22. The molecule has 0 saturated carbocycles. The second kappa shape index (κ2) is 8.99. The third-order valence-electron chi connectivity index (χ3n) is 4.17. The summed E-state index contributed by atoms with van der Waals surface area (Å²) >= 11 is 0. The Morgan fingerprint density at radius 3 is 2.54 bits per heavy atom. The first-order valence-corrected chi connectivity index (χ1v) is 9.27. The molecule has 2 N–H and O–H groups in total. The highest BCUT2D eigenvalue weighted by Gasteiger charge is 2.15. The Balaban J connectivity index is 1.79. The van der Waals surface area contributed by atoms with E-state index < -0.39 is 0 Å². The van der Waals surface area contributed by atoms with Crippen LogP contribution in [0.25, 0.3) is 0 Å². The predicted molar refractivity (Wildman–Crippen MR) is 110 cm³/mol. The van der Waals surface area contributed by atoms with Gasteiger partial charge in [-0.2, -0.15) is 0 Å². The minimum Gasteiger partial charge on any atom is -0.492 e. The number of para-hydroxylation sites is 2. The van der Waals surface area contributed by atoms with Gasteiger partial charge in [0.1, 0.15) is 23.1 Å². The standard InChI is InChI=1S/C22H24N4O2/c1-4-28-20-13-9-8-12-18(20)26-21-14-19(24-16(3)25-21)22(27)23-15(2)17-10-6-5-7-11-17/h5-15H,4H2,1-3H3,(H,23,27)(H,24,25,26). The Hall–Kier alpha value is -3.41. The van der Waals surface area contributed by atoms with E-state index in [-0.39, 0.29) is 11.9 Å². The number of benzene rings is 2. The minimum atomic E-state index is -0.247. The van der Waals surface area contributed by atoms with Crippen LogP contribution in [0.4, 0.5) is 11.5 Å². The zero-order chi connectivity index (χ0) is 19.9. The molecule has 2 aromatic carbocycles. The van der Waals surface area contributed by atoms with Crippen molar-refractivity contribution in [3.05, 3.63) is 77.7 Å². The smallest absolute Gasteiger partial charge is 0.270 e. The molecule has 3 aromatic rings. The van der Waals surface area contributed by atoms with E-state index in [4.69, 9.17) is 4.74 Å². The second-order valence-electron chi connectivity index (χ2n) is 6.35. The van der Waals surface area contributed by atoms with Crippen molar-refractivity contribution in [1.29, 1.82) is 0 Å². The second-order valence-corrected chi connectivity index (χ2v) is 6.35. The quantitative estimate of drug-likeness (QED) is 0.638. The topological polar surface area (TPSA) is 76.1 Å². The first kappa shape index (κ1) is 19.4. The molecule has 0 saturated heterocycles. The number of hydrogen-bond acceptors (Lipinski definition) is 5. The Labute approximate surface area is 165 Å². The Morgan fingerprint density at radius 1 is 1.07 bits per heavy atom. The van der Waals surface area contributed by atoms with Crippen LogP contribution >= 0.6 is 0 Å². The first-order valence-electron chi connectivity index (χ1n) is 9.27. The highest BCUT2D eigenvalue weighted by Crippen LogP contribution is 2.27. The highest BCUT2D eigenvalue weighted by atomic mass is 16.5. The van der Waals surface area contributed by atoms with Gasteiger partial charge in [-0.05, 0) is 38.5 Å². The van der Waals surface area contributed by atoms with E-state index in [1.54, 1.807) is 13.0 Å². The van der Waals surface area contributed by atoms with Crippen LogP contribution < -0.4 is 15.4 Å². The molecule has 1 amide bonds. The largest absolute Gasteiger partial charge is 0.492 e. The molecule has 0 spiro atoms. The number of amides is 1. The molecule has 6 nitrogen and oxygen atoms in total. The molecule has 0 aliphatic carbocycles. The maximum atomic E-state index is 12.7. The van der Waals surface area contributed by atoms with E-state index in [0.717, 1.165) is 17.0 Å². The number of carbonyl (C=O) groups is 1. The van der Waals surface area contributed by atoms with Crippen molar-refractivity contribution < 1.29 is 9.53 Å². The predicted octanol–water partition coefficient (Wildman–Crippen LogP) is 4.42. The fraction of sp³-hybridized carbons (Fsp3) is 0.227. The van der Waals surface area contributed by atoms with E-state index in [2.05, 4.69) is 20.6 Å². The Bertz CT molecular complexity index is 944. The molecular weight excluding hydrogens is 352 g/mol. The number of aryl methyl sites for hydroxylation is 1. The molecule has 28 heavy (non-hydrogen) atoms. The molecule has 0 radical (unpaired) electrons. The summed E-state index contributed by atoms with van der Waals surface area (Å²) in [5.74, 6) is 1.53. The van der Waals surface area contributed by atoms with Gasteiger partial charge in [0.05, 0.1) is 18.3 Å². The lowest BCUT2D eigenvalue weighted by molar-refractivity contribution is 0.0934. The van der Waals surface area contributed by atoms with Crippen LogP contribution in [0.1, 0.15) is 41.8 Å². The van der Waals surface area contributed by atoms with Crippen molar-refractivity contribution in [1.82, 2.24) is 15.3 Å². The molecule has 6 heteroatoms. The van der Waals surface area contributed by atoms with Crippen LogP contribution in [-0.4, -0.2) is 22.5 Å². The van der Waals surface area contributed by atoms with Gasteiger partial charge in [-0.1, -0.05) is 42.5 Å². The molecule has 1 unspecified atom stereocenters. The van der Waals surface area contributed by atoms with Gasteiger partial charge >= 0.3 is 0 Å². The molecular formula is C22H24N4O2. The number of ether oxygens (including phenoxy) is 1. The van der Waals surface area contributed by atoms with Crippen LogP contribution in [0, 0.1) is 6.92 Å². The molecule has 1 atom stereocenters. The summed E-state index contributed by atoms with van der Waals surface area (Å²) in [6, 6.07) is 18.9. The van der Waals surface area contributed by atoms with Crippen molar-refractivity contribution in [3.8, 4) is 5.75 Å². The van der Waals surface area contributed by atoms with E-state index >= 15 is 0 Å². The lowest BCUT2D eigenvalue weighted by Crippen LogP contribution is -2.27. The van der Waals surface area contributed by atoms with Crippen molar-refractivity contribution in [2.75, 3.05) is 11.9 Å². The highest BCUT2D eigenvalue weighted by molar-refractivity contribution is 5.93. The molecule has 0 aliphatic heterocycles. The van der Waals surface area contributed by atoms with Gasteiger partial charge in [0.15, 0.2) is 0 Å². The van der Waals surface area contributed by atoms with Crippen molar-refractivity contribution in [3.63, 3.8) is 0 Å². The van der Waals surface area contributed by atoms with Crippen molar-refractivity contribution >= 4 is 17.4 Å². The SMILES string of the molecule is CCOc1ccccc1Nc1cc(C(=O)NC(C)c2ccccc2)nc(C)n1. The summed E-state index contributed by atoms with van der Waals surface area (Å²) in [6.07, 6.45) is 0. The minimum absolute atomic E-state index is 0.126. The first-order chi connectivity index (χ1) is 13.6. The van der Waals surface area contributed by atoms with Crippen molar-refractivity contribution in [2.45, 2.75) is 26.8 Å². The average Bonchev–Trinajstić information content (AvgIpc) is 2.70. The summed E-state index contributed by atoms with van der Waals surface area (Å²) in [6.45, 7) is 6.20. The van der Waals surface area contributed by atoms with E-state index in [1.165, 1.54) is 0 Å². The lowest BCUT2D eigenvalue weighted by atomic mass is 10.1. The summed E-state index contributed by atoms with van der Waals surface area (Å²) in [4.78, 5) is 21.4. The summed E-state index contributed by atoms with van der Waals surface area (Å²) in [7, 11) is 0. The maximum Gasteiger partial charge on any atom is 0.270 e. The van der Waals surface area contributed by atoms with Crippen LogP contribution in [0.2, 0.25) is 0 Å². The van der Waals surface area contributed by atoms with Crippen LogP contribution in [0.3, 0.4) is 0 Å². The van der Waals surface area contributed by atoms with Crippen LogP contribution in [0.15, 0.2) is 60.7 Å². The maximum absolute atomic E-state index is 12.7. The van der Waals surface area contributed by atoms with Gasteiger partial charge in [-0.3, -0.25) is 4.79 Å². The van der Waals surface area contributed by atoms with E-state index in [1.807, 2.05) is 68.4 Å². The summed E-state index contributed by atoms with van der Waals surface area (Å²) < 4.78 is 5.63. The third kappa shape index (κ3) is 4.85. The number of aromatic nitrogens is 2. The Morgan fingerprint density at radius 2 is 1.79 bits per heavy atom. The van der Waals surface area contributed by atoms with Gasteiger partial charge < -0.3 is 15.4 Å². The number of nitrogens with one attached hydrogen (secondary N) is 2. The molecule has 3 rings (SSSR count). The molecule has 0 bridgehead atoms. The van der Waals surface area contributed by atoms with Gasteiger partial charge in [0.25, 0.3) is 5.91 Å². The number of carbonyl (C=O) groups excluding carboxylic acids is 1. The van der Waals surface area contributed by atoms with E-state index in [0.29, 0.717) is 23.9 Å². The zero-order valence-electron chi connectivity index (χ0n) is 16.3. The van der Waals surface area contributed by atoms with Crippen LogP contribution in [-0.2, 0) is 0 Å². The summed E-state index contributed by atoms with van der Waals surface area (Å²) in [5, 5.41) is 6.20. The fourth-order valence-corrected chi connectivity index (χ4v) is 2.83. The molecule has 0 fully saturated rings. The number of anilines is 2. The number of rotatable bonds is 7. The van der Waals surface area contributed by atoms with Crippen LogP contribution in [0.5, 0.6) is 5.75 Å². The van der Waals surface area contributed by atoms with Gasteiger partial charge in [0, 0.05) is 6.07 Å². The summed E-state index contributed by atoms with van der Waals surface area (Å²) in [5.41, 5.74) is 2.13. The molecule has 144 valence electrons. The number of nitrogens with zero attached hydrogens (tertiary/aromatic N) is 2.